The molecule has 2 aliphatic carbocycles. The Labute approximate surface area is 72.0 Å². The number of hydrogen-bond acceptors (Lipinski definition) is 2. The lowest BCUT2D eigenvalue weighted by atomic mass is 9.89. The summed E-state index contributed by atoms with van der Waals surface area (Å²) in [7, 11) is 0. The number of nitrogens with zero attached hydrogens (tertiary/aromatic N) is 1. The first-order valence-corrected chi connectivity index (χ1v) is 4.83. The Morgan fingerprint density at radius 2 is 2.33 bits per heavy atom. The van der Waals surface area contributed by atoms with Crippen molar-refractivity contribution in [1.82, 2.24) is 4.98 Å². The number of oxazole rings is 1. The van der Waals surface area contributed by atoms with Crippen molar-refractivity contribution in [3.63, 3.8) is 0 Å². The van der Waals surface area contributed by atoms with E-state index in [0.29, 0.717) is 5.92 Å². The van der Waals surface area contributed by atoms with E-state index in [9.17, 15) is 0 Å². The average Bonchev–Trinajstić information content (AvgIpc) is 2.81. The molecule has 0 radical (unpaired) electrons. The first-order valence-electron chi connectivity index (χ1n) is 4.83. The molecular weight excluding hydrogens is 150 g/mol. The minimum Gasteiger partial charge on any atom is -0.449 e. The summed E-state index contributed by atoms with van der Waals surface area (Å²) in [6, 6.07) is 0. The number of fused-ring (bicyclic) bond motifs is 2. The number of rotatable bonds is 1. The Hall–Kier alpha value is -0.790. The van der Waals surface area contributed by atoms with E-state index in [0.717, 1.165) is 17.7 Å². The van der Waals surface area contributed by atoms with E-state index in [-0.39, 0.29) is 0 Å². The topological polar surface area (TPSA) is 26.0 Å². The summed E-state index contributed by atoms with van der Waals surface area (Å²) in [5, 5.41) is 0. The molecule has 1 aromatic heterocycles. The Kier molecular flexibility index (Phi) is 1.31. The van der Waals surface area contributed by atoms with Crippen molar-refractivity contribution in [3.05, 3.63) is 18.4 Å². The molecule has 0 saturated heterocycles. The molecule has 0 aromatic carbocycles. The van der Waals surface area contributed by atoms with Gasteiger partial charge in [-0.1, -0.05) is 6.42 Å². The zero-order valence-corrected chi connectivity index (χ0v) is 7.07. The van der Waals surface area contributed by atoms with Crippen LogP contribution in [0.2, 0.25) is 0 Å². The third-order valence-corrected chi connectivity index (χ3v) is 3.51. The van der Waals surface area contributed by atoms with Gasteiger partial charge in [0.05, 0.1) is 6.20 Å². The van der Waals surface area contributed by atoms with E-state index in [1.54, 1.807) is 12.5 Å². The van der Waals surface area contributed by atoms with Gasteiger partial charge in [-0.05, 0) is 31.1 Å². The van der Waals surface area contributed by atoms with Crippen molar-refractivity contribution in [2.45, 2.75) is 31.6 Å². The quantitative estimate of drug-likeness (QED) is 0.636. The Bertz CT molecular complexity index is 267. The third kappa shape index (κ3) is 0.838. The smallest absolute Gasteiger partial charge is 0.197 e. The first-order chi connectivity index (χ1) is 5.93. The van der Waals surface area contributed by atoms with E-state index in [2.05, 4.69) is 4.98 Å². The molecule has 3 unspecified atom stereocenters. The monoisotopic (exact) mass is 163 g/mol. The molecule has 0 aliphatic heterocycles. The molecule has 3 rings (SSSR count). The highest BCUT2D eigenvalue weighted by Gasteiger charge is 2.42. The fourth-order valence-corrected chi connectivity index (χ4v) is 2.96. The van der Waals surface area contributed by atoms with Crippen LogP contribution in [0, 0.1) is 11.8 Å². The Morgan fingerprint density at radius 1 is 1.33 bits per heavy atom. The van der Waals surface area contributed by atoms with Crippen molar-refractivity contribution in [2.75, 3.05) is 0 Å². The second kappa shape index (κ2) is 2.35. The van der Waals surface area contributed by atoms with Crippen LogP contribution in [0.1, 0.15) is 37.5 Å². The standard InChI is InChI=1S/C10H13NO/c1-2-8-5-7(1)6-9(8)10-11-3-4-12-10/h3-4,7-9H,1-2,5-6H2. The molecule has 2 bridgehead atoms. The molecule has 0 N–H and O–H groups in total. The third-order valence-electron chi connectivity index (χ3n) is 3.51. The van der Waals surface area contributed by atoms with Gasteiger partial charge in [-0.25, -0.2) is 4.98 Å². The second-order valence-corrected chi connectivity index (χ2v) is 4.15. The van der Waals surface area contributed by atoms with Gasteiger partial charge in [-0.2, -0.15) is 0 Å². The zero-order chi connectivity index (χ0) is 7.97. The van der Waals surface area contributed by atoms with Crippen molar-refractivity contribution in [1.29, 1.82) is 0 Å². The van der Waals surface area contributed by atoms with Gasteiger partial charge in [0.25, 0.3) is 0 Å². The molecule has 3 atom stereocenters. The fraction of sp³-hybridized carbons (Fsp3) is 0.700. The summed E-state index contributed by atoms with van der Waals surface area (Å²) in [6.45, 7) is 0. The van der Waals surface area contributed by atoms with Crippen LogP contribution < -0.4 is 0 Å². The summed E-state index contributed by atoms with van der Waals surface area (Å²) < 4.78 is 5.36. The van der Waals surface area contributed by atoms with Gasteiger partial charge < -0.3 is 4.42 Å². The predicted molar refractivity (Wildman–Crippen MR) is 44.7 cm³/mol. The van der Waals surface area contributed by atoms with Gasteiger partial charge in [-0.3, -0.25) is 0 Å². The molecule has 0 spiro atoms. The molecule has 1 heterocycles. The van der Waals surface area contributed by atoms with Gasteiger partial charge in [-0.15, -0.1) is 0 Å². The molecule has 2 saturated carbocycles. The summed E-state index contributed by atoms with van der Waals surface area (Å²) >= 11 is 0. The van der Waals surface area contributed by atoms with E-state index < -0.39 is 0 Å². The highest BCUT2D eigenvalue weighted by molar-refractivity contribution is 5.04. The summed E-state index contributed by atoms with van der Waals surface area (Å²) in [5.74, 6) is 3.50. The van der Waals surface area contributed by atoms with E-state index in [4.69, 9.17) is 4.42 Å². The largest absolute Gasteiger partial charge is 0.449 e. The number of hydrogen-bond donors (Lipinski definition) is 0. The highest BCUT2D eigenvalue weighted by atomic mass is 16.3. The molecule has 2 heteroatoms. The summed E-state index contributed by atoms with van der Waals surface area (Å²) in [6.07, 6.45) is 9.06. The van der Waals surface area contributed by atoms with Crippen LogP contribution in [0.15, 0.2) is 16.9 Å². The van der Waals surface area contributed by atoms with Gasteiger partial charge in [0.1, 0.15) is 6.26 Å². The first kappa shape index (κ1) is 6.70. The SMILES string of the molecule is c1coc(C2CC3CCC2C3)n1. The lowest BCUT2D eigenvalue weighted by Gasteiger charge is -2.17. The predicted octanol–water partition coefficient (Wildman–Crippen LogP) is 2.58. The van der Waals surface area contributed by atoms with Crippen molar-refractivity contribution in [3.8, 4) is 0 Å². The van der Waals surface area contributed by atoms with Crippen molar-refractivity contribution in [2.24, 2.45) is 11.8 Å². The molecule has 64 valence electrons. The Balaban J connectivity index is 1.87. The van der Waals surface area contributed by atoms with Crippen LogP contribution in [-0.2, 0) is 0 Å². The minimum absolute atomic E-state index is 0.652. The van der Waals surface area contributed by atoms with E-state index >= 15 is 0 Å². The van der Waals surface area contributed by atoms with E-state index in [1.807, 2.05) is 0 Å². The molecule has 2 aliphatic rings. The van der Waals surface area contributed by atoms with Crippen LogP contribution in [-0.4, -0.2) is 4.98 Å². The van der Waals surface area contributed by atoms with Crippen LogP contribution in [0.25, 0.3) is 0 Å². The summed E-state index contributed by atoms with van der Waals surface area (Å²) in [4.78, 5) is 4.25. The lowest BCUT2D eigenvalue weighted by molar-refractivity contribution is 0.345. The number of aromatic nitrogens is 1. The van der Waals surface area contributed by atoms with E-state index in [1.165, 1.54) is 25.7 Å². The molecule has 0 amide bonds. The van der Waals surface area contributed by atoms with Crippen molar-refractivity contribution >= 4 is 0 Å². The van der Waals surface area contributed by atoms with Gasteiger partial charge in [0.2, 0.25) is 0 Å². The van der Waals surface area contributed by atoms with Gasteiger partial charge >= 0.3 is 0 Å². The molecule has 1 aromatic rings. The minimum atomic E-state index is 0.652. The van der Waals surface area contributed by atoms with Crippen LogP contribution in [0.5, 0.6) is 0 Å². The fourth-order valence-electron chi connectivity index (χ4n) is 2.96. The van der Waals surface area contributed by atoms with Crippen molar-refractivity contribution < 1.29 is 4.42 Å². The lowest BCUT2D eigenvalue weighted by Crippen LogP contribution is -2.08. The molecule has 12 heavy (non-hydrogen) atoms. The van der Waals surface area contributed by atoms with Gasteiger partial charge in [0.15, 0.2) is 5.89 Å². The van der Waals surface area contributed by atoms with Crippen LogP contribution in [0.3, 0.4) is 0 Å². The highest BCUT2D eigenvalue weighted by Crippen LogP contribution is 2.52. The zero-order valence-electron chi connectivity index (χ0n) is 7.07. The summed E-state index contributed by atoms with van der Waals surface area (Å²) in [5.41, 5.74) is 0. The maximum absolute atomic E-state index is 5.36. The second-order valence-electron chi connectivity index (χ2n) is 4.15. The Morgan fingerprint density at radius 3 is 2.92 bits per heavy atom. The maximum atomic E-state index is 5.36. The van der Waals surface area contributed by atoms with Crippen LogP contribution >= 0.6 is 0 Å². The normalized spacial score (nSPS) is 39.2. The maximum Gasteiger partial charge on any atom is 0.197 e. The molecule has 2 nitrogen and oxygen atoms in total. The van der Waals surface area contributed by atoms with Gasteiger partial charge in [0, 0.05) is 5.92 Å². The molecular formula is C10H13NO. The molecule has 2 fully saturated rings. The average molecular weight is 163 g/mol. The van der Waals surface area contributed by atoms with Crippen LogP contribution in [0.4, 0.5) is 0 Å².